The minimum Gasteiger partial charge on any atom is -0.333 e. The molecule has 0 aliphatic carbocycles. The monoisotopic (exact) mass is 399 g/mol. The quantitative estimate of drug-likeness (QED) is 0.705. The summed E-state index contributed by atoms with van der Waals surface area (Å²) in [6.45, 7) is 3.75. The molecular formula is C25H25N3O2. The van der Waals surface area contributed by atoms with Crippen LogP contribution in [-0.4, -0.2) is 29.3 Å². The fourth-order valence-corrected chi connectivity index (χ4v) is 4.69. The molecule has 3 aromatic carbocycles. The summed E-state index contributed by atoms with van der Waals surface area (Å²) in [5.74, 6) is 0.456. The lowest BCUT2D eigenvalue weighted by molar-refractivity contribution is -0.133. The summed E-state index contributed by atoms with van der Waals surface area (Å²) >= 11 is 0. The van der Waals surface area contributed by atoms with Gasteiger partial charge in [-0.2, -0.15) is 0 Å². The molecule has 5 nitrogen and oxygen atoms in total. The van der Waals surface area contributed by atoms with E-state index in [4.69, 9.17) is 0 Å². The maximum absolute atomic E-state index is 13.1. The van der Waals surface area contributed by atoms with Gasteiger partial charge in [-0.1, -0.05) is 48.5 Å². The van der Waals surface area contributed by atoms with Gasteiger partial charge in [-0.3, -0.25) is 9.59 Å². The third-order valence-corrected chi connectivity index (χ3v) is 6.24. The van der Waals surface area contributed by atoms with E-state index in [0.717, 1.165) is 29.4 Å². The number of nitrogens with zero attached hydrogens (tertiary/aromatic N) is 1. The molecule has 5 heteroatoms. The summed E-state index contributed by atoms with van der Waals surface area (Å²) in [4.78, 5) is 26.3. The van der Waals surface area contributed by atoms with Crippen molar-refractivity contribution in [2.75, 3.05) is 11.9 Å². The van der Waals surface area contributed by atoms with E-state index in [0.29, 0.717) is 19.0 Å². The van der Waals surface area contributed by atoms with Gasteiger partial charge in [-0.15, -0.1) is 0 Å². The van der Waals surface area contributed by atoms with Gasteiger partial charge in [-0.25, -0.2) is 0 Å². The third kappa shape index (κ3) is 3.57. The van der Waals surface area contributed by atoms with Gasteiger partial charge < -0.3 is 15.5 Å². The van der Waals surface area contributed by atoms with Gasteiger partial charge in [0.15, 0.2) is 0 Å². The van der Waals surface area contributed by atoms with E-state index in [2.05, 4.69) is 41.0 Å². The normalized spacial score (nSPS) is 20.4. The lowest BCUT2D eigenvalue weighted by atomic mass is 9.93. The third-order valence-electron chi connectivity index (χ3n) is 6.24. The summed E-state index contributed by atoms with van der Waals surface area (Å²) < 4.78 is 0. The van der Waals surface area contributed by atoms with Crippen molar-refractivity contribution in [3.63, 3.8) is 0 Å². The van der Waals surface area contributed by atoms with Gasteiger partial charge in [0.05, 0.1) is 6.04 Å². The Morgan fingerprint density at radius 3 is 2.40 bits per heavy atom. The minimum atomic E-state index is -0.123. The standard InChI is InChI=1S/C25H25N3O2/c1-16(29)27-23-9-8-17-10-18(6-7-19(17)11-23)22-12-24(26-13-22)25(30)28-14-20-4-2-3-5-21(20)15-28/h2-11,22,24,26H,12-15H2,1H3,(H,27,29)/t22-,24-/m1/s1. The average molecular weight is 399 g/mol. The molecule has 1 fully saturated rings. The fraction of sp³-hybridized carbons (Fsp3) is 0.280. The van der Waals surface area contributed by atoms with Crippen LogP contribution < -0.4 is 10.6 Å². The molecule has 0 bridgehead atoms. The molecule has 2 heterocycles. The maximum Gasteiger partial charge on any atom is 0.240 e. The number of carbonyl (C=O) groups excluding carboxylic acids is 2. The molecule has 0 aromatic heterocycles. The number of anilines is 1. The van der Waals surface area contributed by atoms with E-state index in [1.165, 1.54) is 23.6 Å². The number of fused-ring (bicyclic) bond motifs is 2. The predicted molar refractivity (Wildman–Crippen MR) is 118 cm³/mol. The maximum atomic E-state index is 13.1. The molecule has 0 radical (unpaired) electrons. The lowest BCUT2D eigenvalue weighted by Gasteiger charge is -2.20. The van der Waals surface area contributed by atoms with Crippen LogP contribution in [0.25, 0.3) is 10.8 Å². The Kier molecular flexibility index (Phi) is 4.75. The molecular weight excluding hydrogens is 374 g/mol. The van der Waals surface area contributed by atoms with Crippen molar-refractivity contribution in [2.24, 2.45) is 0 Å². The van der Waals surface area contributed by atoms with Crippen LogP contribution in [0.15, 0.2) is 60.7 Å². The first kappa shape index (κ1) is 18.8. The van der Waals surface area contributed by atoms with Gasteiger partial charge in [0.1, 0.15) is 0 Å². The number of hydrogen-bond acceptors (Lipinski definition) is 3. The molecule has 30 heavy (non-hydrogen) atoms. The number of amides is 2. The lowest BCUT2D eigenvalue weighted by Crippen LogP contribution is -2.40. The average Bonchev–Trinajstić information content (AvgIpc) is 3.40. The molecule has 0 unspecified atom stereocenters. The smallest absolute Gasteiger partial charge is 0.240 e. The van der Waals surface area contributed by atoms with E-state index >= 15 is 0 Å². The van der Waals surface area contributed by atoms with E-state index in [9.17, 15) is 9.59 Å². The summed E-state index contributed by atoms with van der Waals surface area (Å²) in [5.41, 5.74) is 4.58. The molecule has 152 valence electrons. The molecule has 2 aliphatic heterocycles. The van der Waals surface area contributed by atoms with Gasteiger partial charge in [0, 0.05) is 32.2 Å². The Morgan fingerprint density at radius 1 is 0.967 bits per heavy atom. The second-order valence-corrected chi connectivity index (χ2v) is 8.36. The SMILES string of the molecule is CC(=O)Nc1ccc2cc([C@H]3CN[C@@H](C(=O)N4Cc5ccccc5C4)C3)ccc2c1. The van der Waals surface area contributed by atoms with Gasteiger partial charge in [0.25, 0.3) is 0 Å². The molecule has 2 atom stereocenters. The Morgan fingerprint density at radius 2 is 1.67 bits per heavy atom. The van der Waals surface area contributed by atoms with Gasteiger partial charge >= 0.3 is 0 Å². The Hall–Kier alpha value is -3.18. The van der Waals surface area contributed by atoms with Crippen LogP contribution in [0.4, 0.5) is 5.69 Å². The Bertz CT molecular complexity index is 1120. The highest BCUT2D eigenvalue weighted by molar-refractivity contribution is 5.93. The zero-order valence-corrected chi connectivity index (χ0v) is 17.0. The number of carbonyl (C=O) groups is 2. The second-order valence-electron chi connectivity index (χ2n) is 8.36. The number of rotatable bonds is 3. The van der Waals surface area contributed by atoms with Crippen molar-refractivity contribution in [3.8, 4) is 0 Å². The van der Waals surface area contributed by atoms with Crippen LogP contribution in [0, 0.1) is 0 Å². The minimum absolute atomic E-state index is 0.0696. The zero-order chi connectivity index (χ0) is 20.7. The van der Waals surface area contributed by atoms with E-state index in [-0.39, 0.29) is 17.9 Å². The summed E-state index contributed by atoms with van der Waals surface area (Å²) in [7, 11) is 0. The van der Waals surface area contributed by atoms with E-state index < -0.39 is 0 Å². The van der Waals surface area contributed by atoms with Crippen LogP contribution in [-0.2, 0) is 22.7 Å². The van der Waals surface area contributed by atoms with Crippen LogP contribution in [0.2, 0.25) is 0 Å². The molecule has 0 saturated carbocycles. The second kappa shape index (κ2) is 7.58. The fourth-order valence-electron chi connectivity index (χ4n) is 4.69. The highest BCUT2D eigenvalue weighted by atomic mass is 16.2. The molecule has 3 aromatic rings. The number of hydrogen-bond donors (Lipinski definition) is 2. The van der Waals surface area contributed by atoms with Crippen LogP contribution in [0.5, 0.6) is 0 Å². The Balaban J connectivity index is 1.28. The Labute approximate surface area is 176 Å². The number of benzene rings is 3. The topological polar surface area (TPSA) is 61.4 Å². The first-order valence-electron chi connectivity index (χ1n) is 10.5. The van der Waals surface area contributed by atoms with E-state index in [1.54, 1.807) is 0 Å². The molecule has 2 aliphatic rings. The van der Waals surface area contributed by atoms with Crippen molar-refractivity contribution < 1.29 is 9.59 Å². The van der Waals surface area contributed by atoms with Crippen molar-refractivity contribution in [1.82, 2.24) is 10.2 Å². The molecule has 1 saturated heterocycles. The largest absolute Gasteiger partial charge is 0.333 e. The van der Waals surface area contributed by atoms with Crippen molar-refractivity contribution in [1.29, 1.82) is 0 Å². The molecule has 5 rings (SSSR count). The summed E-state index contributed by atoms with van der Waals surface area (Å²) in [6.07, 6.45) is 0.821. The van der Waals surface area contributed by atoms with Crippen molar-refractivity contribution in [3.05, 3.63) is 77.4 Å². The molecule has 0 spiro atoms. The van der Waals surface area contributed by atoms with Crippen molar-refractivity contribution in [2.45, 2.75) is 38.4 Å². The van der Waals surface area contributed by atoms with Crippen LogP contribution in [0.3, 0.4) is 0 Å². The predicted octanol–water partition coefficient (Wildman–Crippen LogP) is 3.79. The highest BCUT2D eigenvalue weighted by Gasteiger charge is 2.34. The van der Waals surface area contributed by atoms with Gasteiger partial charge in [-0.05, 0) is 51.9 Å². The van der Waals surface area contributed by atoms with Crippen molar-refractivity contribution >= 4 is 28.3 Å². The van der Waals surface area contributed by atoms with Crippen LogP contribution >= 0.6 is 0 Å². The van der Waals surface area contributed by atoms with Crippen LogP contribution in [0.1, 0.15) is 36.0 Å². The molecule has 2 N–H and O–H groups in total. The highest BCUT2D eigenvalue weighted by Crippen LogP contribution is 2.31. The summed E-state index contributed by atoms with van der Waals surface area (Å²) in [6, 6.07) is 20.6. The number of nitrogens with one attached hydrogen (secondary N) is 2. The molecule has 2 amide bonds. The first-order chi connectivity index (χ1) is 14.6. The van der Waals surface area contributed by atoms with Gasteiger partial charge in [0.2, 0.25) is 11.8 Å². The zero-order valence-electron chi connectivity index (χ0n) is 17.0. The summed E-state index contributed by atoms with van der Waals surface area (Å²) in [5, 5.41) is 8.52. The first-order valence-corrected chi connectivity index (χ1v) is 10.5. The van der Waals surface area contributed by atoms with E-state index in [1.807, 2.05) is 35.2 Å².